The van der Waals surface area contributed by atoms with Crippen molar-refractivity contribution in [3.05, 3.63) is 70.4 Å². The molecule has 0 radical (unpaired) electrons. The van der Waals surface area contributed by atoms with Gasteiger partial charge < -0.3 is 4.57 Å². The Kier molecular flexibility index (Phi) is 3.66. The number of benzene rings is 2. The molecule has 0 saturated carbocycles. The highest BCUT2D eigenvalue weighted by Crippen LogP contribution is 2.09. The fraction of sp³-hybridized carbons (Fsp3) is 0.200. The quantitative estimate of drug-likeness (QED) is 0.687. The van der Waals surface area contributed by atoms with Gasteiger partial charge in [0.05, 0.1) is 0 Å². The molecule has 1 aromatic heterocycles. The van der Waals surface area contributed by atoms with Gasteiger partial charge >= 0.3 is 0 Å². The van der Waals surface area contributed by atoms with Crippen molar-refractivity contribution in [3.63, 3.8) is 0 Å². The van der Waals surface area contributed by atoms with Crippen molar-refractivity contribution in [2.24, 2.45) is 0 Å². The minimum Gasteiger partial charge on any atom is -0.337 e. The summed E-state index contributed by atoms with van der Waals surface area (Å²) in [7, 11) is 0. The highest BCUT2D eigenvalue weighted by atomic mass is 15.0. The second kappa shape index (κ2) is 5.61. The summed E-state index contributed by atoms with van der Waals surface area (Å²) in [6.07, 6.45) is 2.34. The Morgan fingerprint density at radius 1 is 0.810 bits per heavy atom. The molecule has 1 nitrogen and oxygen atoms in total. The molecule has 3 rings (SSSR count). The minimum atomic E-state index is 0.832. The third-order valence-corrected chi connectivity index (χ3v) is 4.10. The van der Waals surface area contributed by atoms with Gasteiger partial charge in [-0.25, -0.2) is 0 Å². The average molecular weight is 275 g/mol. The van der Waals surface area contributed by atoms with E-state index in [0.29, 0.717) is 0 Å². The van der Waals surface area contributed by atoms with Crippen LogP contribution < -0.4 is 10.7 Å². The Hall–Kier alpha value is -2.28. The van der Waals surface area contributed by atoms with E-state index in [4.69, 9.17) is 0 Å². The van der Waals surface area contributed by atoms with Crippen LogP contribution in [0.2, 0.25) is 0 Å². The number of nitrogens with zero attached hydrogens (tertiary/aromatic N) is 1. The van der Waals surface area contributed by atoms with E-state index in [9.17, 15) is 0 Å². The van der Waals surface area contributed by atoms with Crippen molar-refractivity contribution in [2.45, 2.75) is 26.3 Å². The van der Waals surface area contributed by atoms with Gasteiger partial charge in [0.25, 0.3) is 0 Å². The van der Waals surface area contributed by atoms with Crippen LogP contribution in [-0.2, 0) is 13.0 Å². The van der Waals surface area contributed by atoms with Gasteiger partial charge in [-0.15, -0.1) is 0 Å². The number of aryl methyl sites for hydroxylation is 1. The van der Waals surface area contributed by atoms with Crippen LogP contribution in [0.1, 0.15) is 24.5 Å². The molecule has 0 aliphatic carbocycles. The van der Waals surface area contributed by atoms with Crippen LogP contribution in [0.15, 0.2) is 48.5 Å². The van der Waals surface area contributed by atoms with Gasteiger partial charge in [-0.05, 0) is 17.5 Å². The van der Waals surface area contributed by atoms with E-state index < -0.39 is 0 Å². The monoisotopic (exact) mass is 275 g/mol. The largest absolute Gasteiger partial charge is 0.337 e. The van der Waals surface area contributed by atoms with Crippen molar-refractivity contribution in [2.75, 3.05) is 0 Å². The zero-order valence-electron chi connectivity index (χ0n) is 12.6. The Morgan fingerprint density at radius 2 is 1.33 bits per heavy atom. The molecule has 0 aliphatic rings. The normalized spacial score (nSPS) is 11.1. The lowest BCUT2D eigenvalue weighted by Crippen LogP contribution is -2.25. The van der Waals surface area contributed by atoms with Crippen molar-refractivity contribution >= 4 is 23.9 Å². The van der Waals surface area contributed by atoms with E-state index in [0.717, 1.165) is 23.7 Å². The molecule has 106 valence electrons. The summed E-state index contributed by atoms with van der Waals surface area (Å²) in [5.74, 6) is 0. The topological polar surface area (TPSA) is 4.93 Å². The summed E-state index contributed by atoms with van der Waals surface area (Å²) in [6, 6.07) is 17.2. The van der Waals surface area contributed by atoms with Crippen LogP contribution in [0, 0.1) is 0 Å². The lowest BCUT2D eigenvalue weighted by molar-refractivity contribution is 0.764. The van der Waals surface area contributed by atoms with Crippen molar-refractivity contribution < 1.29 is 0 Å². The van der Waals surface area contributed by atoms with Gasteiger partial charge in [-0.1, -0.05) is 75.0 Å². The molecular formula is C20H21N. The molecule has 0 aliphatic heterocycles. The molecule has 0 fully saturated rings. The molecule has 0 atom stereocenters. The van der Waals surface area contributed by atoms with Gasteiger partial charge in [-0.3, -0.25) is 0 Å². The first-order valence-electron chi connectivity index (χ1n) is 7.53. The van der Waals surface area contributed by atoms with Gasteiger partial charge in [0, 0.05) is 28.0 Å². The molecule has 1 heteroatoms. The zero-order chi connectivity index (χ0) is 14.8. The molecular weight excluding hydrogens is 254 g/mol. The summed E-state index contributed by atoms with van der Waals surface area (Å²) in [5.41, 5.74) is 2.70. The van der Waals surface area contributed by atoms with Crippen LogP contribution in [0.5, 0.6) is 0 Å². The number of fused-ring (bicyclic) bond motifs is 1. The van der Waals surface area contributed by atoms with Crippen LogP contribution >= 0.6 is 0 Å². The first-order valence-corrected chi connectivity index (χ1v) is 7.53. The second-order valence-electron chi connectivity index (χ2n) is 5.59. The maximum absolute atomic E-state index is 4.24. The van der Waals surface area contributed by atoms with E-state index in [1.54, 1.807) is 0 Å². The standard InChI is InChI=1S/C20H21N/c1-4-7-17-10-12-18(13-11-17)14-21-15(2)19-8-5-6-9-20(19)16(21)3/h5-6,8-13H,2-4,7,14H2,1H3. The van der Waals surface area contributed by atoms with Crippen LogP contribution in [0.3, 0.4) is 0 Å². The molecule has 2 aromatic carbocycles. The van der Waals surface area contributed by atoms with Gasteiger partial charge in [0.2, 0.25) is 0 Å². The first-order chi connectivity index (χ1) is 10.2. The summed E-state index contributed by atoms with van der Waals surface area (Å²) in [6.45, 7) is 11.5. The molecule has 0 bridgehead atoms. The van der Waals surface area contributed by atoms with E-state index >= 15 is 0 Å². The van der Waals surface area contributed by atoms with E-state index in [2.05, 4.69) is 73.2 Å². The molecule has 1 heterocycles. The Bertz CT molecular complexity index is 806. The molecule has 0 unspecified atom stereocenters. The third kappa shape index (κ3) is 2.52. The van der Waals surface area contributed by atoms with Gasteiger partial charge in [0.15, 0.2) is 0 Å². The van der Waals surface area contributed by atoms with Crippen molar-refractivity contribution in [1.29, 1.82) is 0 Å². The van der Waals surface area contributed by atoms with Crippen LogP contribution in [0.25, 0.3) is 23.9 Å². The highest BCUT2D eigenvalue weighted by molar-refractivity contribution is 5.83. The second-order valence-corrected chi connectivity index (χ2v) is 5.59. The van der Waals surface area contributed by atoms with E-state index in [1.807, 2.05) is 0 Å². The molecule has 21 heavy (non-hydrogen) atoms. The predicted octanol–water partition coefficient (Wildman–Crippen LogP) is 3.46. The van der Waals surface area contributed by atoms with E-state index in [-0.39, 0.29) is 0 Å². The van der Waals surface area contributed by atoms with Gasteiger partial charge in [-0.2, -0.15) is 0 Å². The SMILES string of the molecule is C=c1c2ccccc2c(=C)n1Cc1ccc(CCC)cc1. The number of hydrogen-bond acceptors (Lipinski definition) is 0. The average Bonchev–Trinajstić information content (AvgIpc) is 2.75. The number of rotatable bonds is 4. The van der Waals surface area contributed by atoms with Gasteiger partial charge in [0.1, 0.15) is 0 Å². The Morgan fingerprint density at radius 3 is 1.86 bits per heavy atom. The molecule has 3 aromatic rings. The summed E-state index contributed by atoms with van der Waals surface area (Å²) in [5, 5.41) is 4.50. The number of aromatic nitrogens is 1. The fourth-order valence-corrected chi connectivity index (χ4v) is 2.91. The highest BCUT2D eigenvalue weighted by Gasteiger charge is 2.04. The summed E-state index contributed by atoms with van der Waals surface area (Å²) >= 11 is 0. The van der Waals surface area contributed by atoms with Crippen molar-refractivity contribution in [1.82, 2.24) is 4.57 Å². The predicted molar refractivity (Wildman–Crippen MR) is 91.8 cm³/mol. The van der Waals surface area contributed by atoms with Crippen molar-refractivity contribution in [3.8, 4) is 0 Å². The number of hydrogen-bond donors (Lipinski definition) is 0. The Balaban J connectivity index is 1.98. The van der Waals surface area contributed by atoms with Crippen LogP contribution in [-0.4, -0.2) is 4.57 Å². The lowest BCUT2D eigenvalue weighted by atomic mass is 10.1. The Labute approximate surface area is 125 Å². The fourth-order valence-electron chi connectivity index (χ4n) is 2.91. The summed E-state index contributed by atoms with van der Waals surface area (Å²) in [4.78, 5) is 0. The summed E-state index contributed by atoms with van der Waals surface area (Å²) < 4.78 is 2.21. The zero-order valence-corrected chi connectivity index (χ0v) is 12.6. The molecule has 0 saturated heterocycles. The maximum Gasteiger partial charge on any atom is 0.0481 e. The lowest BCUT2D eigenvalue weighted by Gasteiger charge is -2.06. The molecule has 0 N–H and O–H groups in total. The van der Waals surface area contributed by atoms with Crippen LogP contribution in [0.4, 0.5) is 0 Å². The molecule has 0 spiro atoms. The smallest absolute Gasteiger partial charge is 0.0481 e. The first kappa shape index (κ1) is 13.7. The van der Waals surface area contributed by atoms with E-state index in [1.165, 1.54) is 28.3 Å². The third-order valence-electron chi connectivity index (χ3n) is 4.10. The minimum absolute atomic E-state index is 0.832. The molecule has 0 amide bonds. The maximum atomic E-state index is 4.24.